The molecule has 0 aromatic heterocycles. The third-order valence-corrected chi connectivity index (χ3v) is 1.60. The second kappa shape index (κ2) is 5.13. The monoisotopic (exact) mass is 238 g/mol. The number of carbonyl (C=O) groups excluding carboxylic acids is 1. The summed E-state index contributed by atoms with van der Waals surface area (Å²) in [6.07, 6.45) is -0.752. The Morgan fingerprint density at radius 3 is 2.33 bits per heavy atom. The first-order valence-electron chi connectivity index (χ1n) is 3.56. The van der Waals surface area contributed by atoms with E-state index in [1.165, 1.54) is 0 Å². The number of rotatable bonds is 4. The van der Waals surface area contributed by atoms with Gasteiger partial charge in [0.25, 0.3) is 0 Å². The minimum absolute atomic E-state index is 0.279. The van der Waals surface area contributed by atoms with Crippen molar-refractivity contribution in [1.29, 1.82) is 0 Å². The number of ether oxygens (including phenoxy) is 1. The lowest BCUT2D eigenvalue weighted by Crippen LogP contribution is -2.29. The molecule has 0 saturated carbocycles. The van der Waals surface area contributed by atoms with Gasteiger partial charge in [0.15, 0.2) is 6.10 Å². The van der Waals surface area contributed by atoms with Crippen LogP contribution in [0.1, 0.15) is 20.3 Å². The zero-order chi connectivity index (χ0) is 9.72. The van der Waals surface area contributed by atoms with E-state index in [2.05, 4.69) is 20.7 Å². The van der Waals surface area contributed by atoms with Gasteiger partial charge in [0.2, 0.25) is 0 Å². The Kier molecular flexibility index (Phi) is 4.89. The van der Waals surface area contributed by atoms with Crippen molar-refractivity contribution >= 4 is 27.9 Å². The summed E-state index contributed by atoms with van der Waals surface area (Å²) < 4.78 is 4.64. The van der Waals surface area contributed by atoms with Crippen LogP contribution in [0, 0.1) is 0 Å². The fraction of sp³-hybridized carbons (Fsp3) is 0.714. The van der Waals surface area contributed by atoms with E-state index in [1.807, 2.05) is 0 Å². The summed E-state index contributed by atoms with van der Waals surface area (Å²) in [6.45, 7) is 3.22. The summed E-state index contributed by atoms with van der Waals surface area (Å²) in [4.78, 5) is 20.8. The molecule has 0 saturated heterocycles. The second-order valence-electron chi connectivity index (χ2n) is 2.29. The maximum atomic E-state index is 10.9. The summed E-state index contributed by atoms with van der Waals surface area (Å²) in [5.41, 5.74) is 0. The molecular weight excluding hydrogens is 228 g/mol. The SMILES string of the molecule is CCC(OC(=O)C(C)Br)C(=O)O. The number of esters is 1. The minimum Gasteiger partial charge on any atom is -0.479 e. The van der Waals surface area contributed by atoms with Crippen LogP contribution in [-0.2, 0) is 14.3 Å². The molecule has 0 radical (unpaired) electrons. The first-order chi connectivity index (χ1) is 5.49. The Labute approximate surface area is 79.0 Å². The Morgan fingerprint density at radius 1 is 1.58 bits per heavy atom. The van der Waals surface area contributed by atoms with E-state index in [-0.39, 0.29) is 6.42 Å². The number of alkyl halides is 1. The molecule has 0 aliphatic rings. The van der Waals surface area contributed by atoms with Crippen molar-refractivity contribution in [2.24, 2.45) is 0 Å². The lowest BCUT2D eigenvalue weighted by Gasteiger charge is -2.12. The molecule has 4 nitrogen and oxygen atoms in total. The van der Waals surface area contributed by atoms with Crippen LogP contribution < -0.4 is 0 Å². The Balaban J connectivity index is 4.03. The summed E-state index contributed by atoms with van der Waals surface area (Å²) in [7, 11) is 0. The molecule has 0 aromatic rings. The molecule has 2 unspecified atom stereocenters. The quantitative estimate of drug-likeness (QED) is 0.590. The summed E-state index contributed by atoms with van der Waals surface area (Å²) >= 11 is 2.98. The van der Waals surface area contributed by atoms with Crippen molar-refractivity contribution in [2.75, 3.05) is 0 Å². The number of carboxylic acid groups (broad SMARTS) is 1. The van der Waals surface area contributed by atoms with Crippen LogP contribution in [0.3, 0.4) is 0 Å². The number of hydrogen-bond donors (Lipinski definition) is 1. The van der Waals surface area contributed by atoms with E-state index in [0.717, 1.165) is 0 Å². The van der Waals surface area contributed by atoms with Gasteiger partial charge in [0.1, 0.15) is 4.83 Å². The van der Waals surface area contributed by atoms with Crippen molar-refractivity contribution in [3.05, 3.63) is 0 Å². The van der Waals surface area contributed by atoms with E-state index in [0.29, 0.717) is 0 Å². The van der Waals surface area contributed by atoms with Gasteiger partial charge in [-0.1, -0.05) is 22.9 Å². The van der Waals surface area contributed by atoms with Gasteiger partial charge >= 0.3 is 11.9 Å². The Hall–Kier alpha value is -0.580. The highest BCUT2D eigenvalue weighted by Crippen LogP contribution is 2.05. The normalized spacial score (nSPS) is 14.9. The molecule has 0 spiro atoms. The molecule has 12 heavy (non-hydrogen) atoms. The zero-order valence-electron chi connectivity index (χ0n) is 6.91. The lowest BCUT2D eigenvalue weighted by molar-refractivity contribution is -0.163. The zero-order valence-corrected chi connectivity index (χ0v) is 8.50. The molecule has 2 atom stereocenters. The largest absolute Gasteiger partial charge is 0.479 e. The van der Waals surface area contributed by atoms with Gasteiger partial charge < -0.3 is 9.84 Å². The molecule has 0 rings (SSSR count). The molecule has 0 heterocycles. The molecular formula is C7H11BrO4. The summed E-state index contributed by atoms with van der Waals surface area (Å²) in [5, 5.41) is 8.51. The third-order valence-electron chi connectivity index (χ3n) is 1.23. The molecule has 0 fully saturated rings. The van der Waals surface area contributed by atoms with Crippen LogP contribution in [0.15, 0.2) is 0 Å². The topological polar surface area (TPSA) is 63.6 Å². The van der Waals surface area contributed by atoms with E-state index in [9.17, 15) is 9.59 Å². The fourth-order valence-corrected chi connectivity index (χ4v) is 0.650. The van der Waals surface area contributed by atoms with Crippen LogP contribution in [0.5, 0.6) is 0 Å². The van der Waals surface area contributed by atoms with Crippen LogP contribution in [-0.4, -0.2) is 28.0 Å². The minimum atomic E-state index is -1.11. The van der Waals surface area contributed by atoms with Gasteiger partial charge in [-0.25, -0.2) is 4.79 Å². The highest BCUT2D eigenvalue weighted by atomic mass is 79.9. The Bertz CT molecular complexity index is 178. The van der Waals surface area contributed by atoms with E-state index < -0.39 is 22.9 Å². The molecule has 0 aromatic carbocycles. The first kappa shape index (κ1) is 11.4. The molecule has 0 amide bonds. The maximum Gasteiger partial charge on any atom is 0.345 e. The van der Waals surface area contributed by atoms with Crippen LogP contribution in [0.4, 0.5) is 0 Å². The predicted octanol–water partition coefficient (Wildman–Crippen LogP) is 1.18. The Morgan fingerprint density at radius 2 is 2.08 bits per heavy atom. The van der Waals surface area contributed by atoms with Crippen molar-refractivity contribution in [2.45, 2.75) is 31.2 Å². The maximum absolute atomic E-state index is 10.9. The molecule has 1 N–H and O–H groups in total. The molecule has 0 bridgehead atoms. The molecule has 70 valence electrons. The van der Waals surface area contributed by atoms with Gasteiger partial charge in [0.05, 0.1) is 0 Å². The van der Waals surface area contributed by atoms with Gasteiger partial charge in [-0.2, -0.15) is 0 Å². The molecule has 0 aliphatic heterocycles. The van der Waals surface area contributed by atoms with Crippen molar-refractivity contribution in [3.8, 4) is 0 Å². The average molecular weight is 239 g/mol. The van der Waals surface area contributed by atoms with Gasteiger partial charge in [-0.05, 0) is 13.3 Å². The highest BCUT2D eigenvalue weighted by Gasteiger charge is 2.21. The standard InChI is InChI=1S/C7H11BrO4/c1-3-5(6(9)10)12-7(11)4(2)8/h4-5H,3H2,1-2H3,(H,9,10). The van der Waals surface area contributed by atoms with Gasteiger partial charge in [-0.3, -0.25) is 4.79 Å². The second-order valence-corrected chi connectivity index (χ2v) is 3.66. The van der Waals surface area contributed by atoms with E-state index in [1.54, 1.807) is 13.8 Å². The van der Waals surface area contributed by atoms with E-state index >= 15 is 0 Å². The van der Waals surface area contributed by atoms with Crippen LogP contribution in [0.2, 0.25) is 0 Å². The van der Waals surface area contributed by atoms with Gasteiger partial charge in [0, 0.05) is 0 Å². The number of carbonyl (C=O) groups is 2. The summed E-state index contributed by atoms with van der Waals surface area (Å²) in [5.74, 6) is -1.66. The highest BCUT2D eigenvalue weighted by molar-refractivity contribution is 9.10. The summed E-state index contributed by atoms with van der Waals surface area (Å²) in [6, 6.07) is 0. The number of aliphatic carboxylic acids is 1. The third kappa shape index (κ3) is 3.71. The average Bonchev–Trinajstić information content (AvgIpc) is 1.98. The number of carboxylic acids is 1. The van der Waals surface area contributed by atoms with Crippen molar-refractivity contribution in [1.82, 2.24) is 0 Å². The van der Waals surface area contributed by atoms with Crippen LogP contribution >= 0.6 is 15.9 Å². The van der Waals surface area contributed by atoms with Crippen molar-refractivity contribution in [3.63, 3.8) is 0 Å². The number of halogens is 1. The van der Waals surface area contributed by atoms with Gasteiger partial charge in [-0.15, -0.1) is 0 Å². The number of hydrogen-bond acceptors (Lipinski definition) is 3. The lowest BCUT2D eigenvalue weighted by atomic mass is 10.3. The smallest absolute Gasteiger partial charge is 0.345 e. The van der Waals surface area contributed by atoms with Crippen LogP contribution in [0.25, 0.3) is 0 Å². The first-order valence-corrected chi connectivity index (χ1v) is 4.48. The molecule has 5 heteroatoms. The predicted molar refractivity (Wildman–Crippen MR) is 46.2 cm³/mol. The van der Waals surface area contributed by atoms with Crippen molar-refractivity contribution < 1.29 is 19.4 Å². The van der Waals surface area contributed by atoms with E-state index in [4.69, 9.17) is 5.11 Å². The molecule has 0 aliphatic carbocycles. The fourth-order valence-electron chi connectivity index (χ4n) is 0.542.